The number of fused-ring (bicyclic) bond motifs is 1. The van der Waals surface area contributed by atoms with Gasteiger partial charge >= 0.3 is 0 Å². The third kappa shape index (κ3) is 3.33. The molecule has 152 valence electrons. The second-order valence-electron chi connectivity index (χ2n) is 7.66. The molecule has 8 nitrogen and oxygen atoms in total. The zero-order valence-corrected chi connectivity index (χ0v) is 17.0. The number of sulfonamides is 1. The molecule has 0 N–H and O–H groups in total. The van der Waals surface area contributed by atoms with Crippen molar-refractivity contribution in [3.63, 3.8) is 0 Å². The van der Waals surface area contributed by atoms with Gasteiger partial charge in [0.15, 0.2) is 5.84 Å². The molecule has 9 heteroatoms. The number of ether oxygens (including phenoxy) is 1. The molecule has 0 bridgehead atoms. The van der Waals surface area contributed by atoms with Crippen LogP contribution in [0.5, 0.6) is 5.88 Å². The molecule has 1 aliphatic carbocycles. The van der Waals surface area contributed by atoms with Crippen LogP contribution in [0.3, 0.4) is 0 Å². The molecule has 1 aromatic heterocycles. The average Bonchev–Trinajstić information content (AvgIpc) is 3.54. The van der Waals surface area contributed by atoms with Crippen LogP contribution >= 0.6 is 0 Å². The number of hydrogen-bond acceptors (Lipinski definition) is 7. The van der Waals surface area contributed by atoms with E-state index < -0.39 is 10.0 Å². The minimum absolute atomic E-state index is 0.310. The number of nitrogens with zero attached hydrogens (tertiary/aromatic N) is 5. The Morgan fingerprint density at radius 3 is 2.52 bits per heavy atom. The second-order valence-corrected chi connectivity index (χ2v) is 9.23. The summed E-state index contributed by atoms with van der Waals surface area (Å²) in [5, 5.41) is 0. The highest BCUT2D eigenvalue weighted by Gasteiger charge is 2.38. The van der Waals surface area contributed by atoms with Gasteiger partial charge in [-0.15, -0.1) is 4.40 Å². The van der Waals surface area contributed by atoms with Crippen molar-refractivity contribution < 1.29 is 13.2 Å². The minimum atomic E-state index is -3.58. The van der Waals surface area contributed by atoms with E-state index in [1.165, 1.54) is 12.8 Å². The van der Waals surface area contributed by atoms with E-state index >= 15 is 0 Å². The van der Waals surface area contributed by atoms with Crippen LogP contribution in [0.2, 0.25) is 0 Å². The van der Waals surface area contributed by atoms with Gasteiger partial charge in [0, 0.05) is 36.8 Å². The molecular weight excluding hydrogens is 390 g/mol. The Morgan fingerprint density at radius 1 is 1.07 bits per heavy atom. The zero-order chi connectivity index (χ0) is 20.0. The Labute approximate surface area is 170 Å². The normalized spacial score (nSPS) is 20.9. The zero-order valence-electron chi connectivity index (χ0n) is 16.2. The minimum Gasteiger partial charge on any atom is -0.481 e. The van der Waals surface area contributed by atoms with Crippen molar-refractivity contribution in [3.8, 4) is 5.88 Å². The molecule has 1 saturated carbocycles. The number of rotatable bonds is 4. The summed E-state index contributed by atoms with van der Waals surface area (Å²) >= 11 is 0. The van der Waals surface area contributed by atoms with Gasteiger partial charge in [0.25, 0.3) is 10.0 Å². The first kappa shape index (κ1) is 18.4. The van der Waals surface area contributed by atoms with Crippen LogP contribution in [0, 0.1) is 0 Å². The highest BCUT2D eigenvalue weighted by Crippen LogP contribution is 2.36. The maximum atomic E-state index is 12.4. The number of methoxy groups -OCH3 is 1. The first-order chi connectivity index (χ1) is 14.1. The van der Waals surface area contributed by atoms with E-state index in [0.717, 1.165) is 31.7 Å². The lowest BCUT2D eigenvalue weighted by Crippen LogP contribution is -2.48. The summed E-state index contributed by atoms with van der Waals surface area (Å²) in [7, 11) is -1.97. The molecule has 2 fully saturated rings. The van der Waals surface area contributed by atoms with Crippen LogP contribution in [0.1, 0.15) is 31.2 Å². The molecule has 1 aromatic carbocycles. The topological polar surface area (TPSA) is 88.0 Å². The van der Waals surface area contributed by atoms with Crippen LogP contribution < -0.4 is 9.64 Å². The predicted octanol–water partition coefficient (Wildman–Crippen LogP) is 2.07. The molecule has 2 aliphatic heterocycles. The van der Waals surface area contributed by atoms with Gasteiger partial charge in [0.1, 0.15) is 17.0 Å². The Kier molecular flexibility index (Phi) is 4.42. The van der Waals surface area contributed by atoms with Crippen molar-refractivity contribution in [1.29, 1.82) is 0 Å². The summed E-state index contributed by atoms with van der Waals surface area (Å²) in [6.45, 7) is 1.53. The van der Waals surface area contributed by atoms with Crippen LogP contribution in [0.25, 0.3) is 0 Å². The van der Waals surface area contributed by atoms with Crippen molar-refractivity contribution in [2.45, 2.75) is 42.7 Å². The van der Waals surface area contributed by atoms with Crippen LogP contribution in [0.15, 0.2) is 46.0 Å². The molecule has 2 aromatic rings. The number of piperidine rings is 1. The van der Waals surface area contributed by atoms with Gasteiger partial charge in [0.2, 0.25) is 5.88 Å². The van der Waals surface area contributed by atoms with Gasteiger partial charge in [-0.2, -0.15) is 8.42 Å². The van der Waals surface area contributed by atoms with Gasteiger partial charge in [-0.3, -0.25) is 0 Å². The number of anilines is 1. The molecule has 1 saturated heterocycles. The van der Waals surface area contributed by atoms with E-state index in [4.69, 9.17) is 4.74 Å². The van der Waals surface area contributed by atoms with E-state index in [-0.39, 0.29) is 0 Å². The number of amidine groups is 1. The third-order valence-electron chi connectivity index (χ3n) is 5.81. The predicted molar refractivity (Wildman–Crippen MR) is 109 cm³/mol. The Balaban J connectivity index is 1.35. The van der Waals surface area contributed by atoms with Crippen LogP contribution in [0.4, 0.5) is 5.82 Å². The highest BCUT2D eigenvalue weighted by molar-refractivity contribution is 7.90. The summed E-state index contributed by atoms with van der Waals surface area (Å²) in [6, 6.07) is 9.83. The van der Waals surface area contributed by atoms with Crippen molar-refractivity contribution >= 4 is 21.7 Å². The summed E-state index contributed by atoms with van der Waals surface area (Å²) in [6.07, 6.45) is 5.73. The molecule has 0 atom stereocenters. The molecule has 3 aliphatic rings. The number of aromatic nitrogens is 2. The van der Waals surface area contributed by atoms with E-state index in [2.05, 4.69) is 24.2 Å². The molecule has 5 rings (SSSR count). The fraction of sp³-hybridized carbons (Fsp3) is 0.450. The Hall–Kier alpha value is -2.68. The monoisotopic (exact) mass is 413 g/mol. The van der Waals surface area contributed by atoms with Crippen LogP contribution in [-0.4, -0.2) is 61.4 Å². The van der Waals surface area contributed by atoms with Gasteiger partial charge < -0.3 is 14.5 Å². The first-order valence-electron chi connectivity index (χ1n) is 9.90. The van der Waals surface area contributed by atoms with E-state index in [0.29, 0.717) is 34.3 Å². The Bertz CT molecular complexity index is 1060. The van der Waals surface area contributed by atoms with Crippen molar-refractivity contribution in [2.75, 3.05) is 25.1 Å². The lowest BCUT2D eigenvalue weighted by molar-refractivity contribution is 0.302. The van der Waals surface area contributed by atoms with Gasteiger partial charge in [0.05, 0.1) is 7.11 Å². The summed E-state index contributed by atoms with van der Waals surface area (Å²) in [4.78, 5) is 13.4. The van der Waals surface area contributed by atoms with Crippen molar-refractivity contribution in [3.05, 3.63) is 42.2 Å². The van der Waals surface area contributed by atoms with Crippen molar-refractivity contribution in [1.82, 2.24) is 14.9 Å². The average molecular weight is 414 g/mol. The fourth-order valence-corrected chi connectivity index (χ4v) is 5.51. The number of hydrogen-bond donors (Lipinski definition) is 0. The summed E-state index contributed by atoms with van der Waals surface area (Å²) in [5.74, 6) is 2.06. The molecule has 0 unspecified atom stereocenters. The SMILES string of the molecule is COc1cc(N(C2CC2)C2CCN(C3=NS(=O)(=O)c4ccccc43)CC2)ncn1. The lowest BCUT2D eigenvalue weighted by atomic mass is 10.0. The quantitative estimate of drug-likeness (QED) is 0.758. The Morgan fingerprint density at radius 2 is 1.79 bits per heavy atom. The molecule has 0 radical (unpaired) electrons. The molecular formula is C20H23N5O3S. The smallest absolute Gasteiger partial charge is 0.285 e. The standard InChI is InChI=1S/C20H23N5O3S/c1-28-19-12-18(21-13-22-19)25(14-6-7-14)15-8-10-24(11-9-15)20-16-4-2-3-5-17(16)29(26,27)23-20/h2-5,12-15H,6-11H2,1H3. The van der Waals surface area contributed by atoms with Gasteiger partial charge in [-0.1, -0.05) is 12.1 Å². The third-order valence-corrected chi connectivity index (χ3v) is 7.14. The highest BCUT2D eigenvalue weighted by atomic mass is 32.2. The molecule has 0 amide bonds. The summed E-state index contributed by atoms with van der Waals surface area (Å²) < 4.78 is 34.1. The first-order valence-corrected chi connectivity index (χ1v) is 11.3. The van der Waals surface area contributed by atoms with E-state index in [1.54, 1.807) is 25.6 Å². The van der Waals surface area contributed by atoms with Crippen molar-refractivity contribution in [2.24, 2.45) is 4.40 Å². The summed E-state index contributed by atoms with van der Waals surface area (Å²) in [5.41, 5.74) is 0.713. The van der Waals surface area contributed by atoms with Crippen LogP contribution in [-0.2, 0) is 10.0 Å². The number of likely N-dealkylation sites (tertiary alicyclic amines) is 1. The number of benzene rings is 1. The largest absolute Gasteiger partial charge is 0.481 e. The fourth-order valence-electron chi connectivity index (χ4n) is 4.28. The maximum absolute atomic E-state index is 12.4. The van der Waals surface area contributed by atoms with Gasteiger partial charge in [-0.25, -0.2) is 9.97 Å². The molecule has 3 heterocycles. The maximum Gasteiger partial charge on any atom is 0.285 e. The second kappa shape index (κ2) is 6.98. The molecule has 0 spiro atoms. The lowest BCUT2D eigenvalue weighted by Gasteiger charge is -2.40. The molecule has 29 heavy (non-hydrogen) atoms. The van der Waals surface area contributed by atoms with E-state index in [1.807, 2.05) is 18.2 Å². The van der Waals surface area contributed by atoms with E-state index in [9.17, 15) is 8.42 Å². The van der Waals surface area contributed by atoms with Gasteiger partial charge in [-0.05, 0) is 37.8 Å².